The summed E-state index contributed by atoms with van der Waals surface area (Å²) in [4.78, 5) is 38.1. The lowest BCUT2D eigenvalue weighted by molar-refractivity contribution is -0.140. The topological polar surface area (TPSA) is 76.0 Å². The van der Waals surface area contributed by atoms with Crippen molar-refractivity contribution < 1.29 is 19.1 Å². The molecule has 4 atom stereocenters. The average Bonchev–Trinajstić information content (AvgIpc) is 3.43. The van der Waals surface area contributed by atoms with Crippen LogP contribution in [0.5, 0.6) is 5.75 Å². The Bertz CT molecular complexity index is 1130. The second-order valence-corrected chi connectivity index (χ2v) is 9.64. The van der Waals surface area contributed by atoms with Gasteiger partial charge in [0.2, 0.25) is 0 Å². The van der Waals surface area contributed by atoms with Gasteiger partial charge in [-0.05, 0) is 60.7 Å². The molecule has 1 aliphatic heterocycles. The molecule has 2 bridgehead atoms. The fraction of sp³-hybridized carbons (Fsp3) is 0.217. The van der Waals surface area contributed by atoms with E-state index in [0.717, 1.165) is 20.4 Å². The summed E-state index contributed by atoms with van der Waals surface area (Å²) in [6, 6.07) is 11.9. The number of halogens is 2. The van der Waals surface area contributed by atoms with Crippen LogP contribution in [-0.2, 0) is 9.59 Å². The van der Waals surface area contributed by atoms with Crippen molar-refractivity contribution in [2.24, 2.45) is 28.8 Å². The van der Waals surface area contributed by atoms with Crippen molar-refractivity contribution in [3.05, 3.63) is 74.7 Å². The first-order chi connectivity index (χ1) is 14.9. The van der Waals surface area contributed by atoms with E-state index in [1.807, 2.05) is 12.2 Å². The van der Waals surface area contributed by atoms with Crippen LogP contribution in [0.2, 0.25) is 0 Å². The zero-order valence-electron chi connectivity index (χ0n) is 16.1. The first-order valence-corrected chi connectivity index (χ1v) is 11.4. The number of carbonyl (C=O) groups is 3. The van der Waals surface area contributed by atoms with Crippen molar-refractivity contribution in [1.82, 2.24) is 5.01 Å². The molecule has 0 N–H and O–H groups in total. The molecule has 0 radical (unpaired) electrons. The molecule has 1 saturated heterocycles. The molecule has 2 fully saturated rings. The molecular formula is C23H16Br2N2O4. The maximum atomic E-state index is 12.8. The highest BCUT2D eigenvalue weighted by molar-refractivity contribution is 9.10. The summed E-state index contributed by atoms with van der Waals surface area (Å²) in [5, 5.41) is 5.17. The third-order valence-corrected chi connectivity index (χ3v) is 7.04. The summed E-state index contributed by atoms with van der Waals surface area (Å²) >= 11 is 6.73. The Morgan fingerprint density at radius 3 is 2.23 bits per heavy atom. The molecule has 0 aromatic heterocycles. The van der Waals surface area contributed by atoms with Crippen molar-refractivity contribution >= 4 is 55.9 Å². The molecule has 2 aromatic carbocycles. The van der Waals surface area contributed by atoms with Crippen LogP contribution in [0.15, 0.2) is 68.7 Å². The van der Waals surface area contributed by atoms with Gasteiger partial charge in [0.25, 0.3) is 11.8 Å². The van der Waals surface area contributed by atoms with Gasteiger partial charge in [0, 0.05) is 14.5 Å². The summed E-state index contributed by atoms with van der Waals surface area (Å²) in [6.45, 7) is 0. The number of nitrogens with zero attached hydrogens (tertiary/aromatic N) is 2. The SMILES string of the molecule is O=C(Oc1ccc(Br)cc1C=NN1C(=O)[C@@H]2[C@H](C1=O)[C@H]1C=C[C@H]2C1)c1ccc(Br)cc1. The summed E-state index contributed by atoms with van der Waals surface area (Å²) in [5.74, 6) is -1.12. The van der Waals surface area contributed by atoms with Crippen LogP contribution in [0.3, 0.4) is 0 Å². The summed E-state index contributed by atoms with van der Waals surface area (Å²) in [7, 11) is 0. The number of fused-ring (bicyclic) bond motifs is 5. The fourth-order valence-corrected chi connectivity index (χ4v) is 5.22. The Balaban J connectivity index is 1.38. The number of allylic oxidation sites excluding steroid dienone is 2. The standard InChI is InChI=1S/C23H16Br2N2O4/c24-16-5-3-12(4-6-16)23(30)31-18-8-7-17(25)10-15(18)11-26-27-21(28)19-13-1-2-14(9-13)20(19)22(27)29/h1-8,10-11,13-14,19-20H,9H2/t13-,14-,19-,20+/m0/s1. The number of imide groups is 1. The lowest BCUT2D eigenvalue weighted by Crippen LogP contribution is -2.28. The Morgan fingerprint density at radius 2 is 1.58 bits per heavy atom. The number of carbonyl (C=O) groups excluding carboxylic acids is 3. The predicted octanol–water partition coefficient (Wildman–Crippen LogP) is 4.57. The maximum Gasteiger partial charge on any atom is 0.343 e. The van der Waals surface area contributed by atoms with Gasteiger partial charge in [-0.25, -0.2) is 4.79 Å². The Kier molecular flexibility index (Phi) is 5.14. The van der Waals surface area contributed by atoms with Gasteiger partial charge < -0.3 is 4.74 Å². The Morgan fingerprint density at radius 1 is 0.968 bits per heavy atom. The van der Waals surface area contributed by atoms with Crippen LogP contribution in [0.25, 0.3) is 0 Å². The summed E-state index contributed by atoms with van der Waals surface area (Å²) in [6.07, 6.45) is 6.34. The van der Waals surface area contributed by atoms with E-state index in [1.54, 1.807) is 42.5 Å². The largest absolute Gasteiger partial charge is 0.422 e. The zero-order valence-corrected chi connectivity index (χ0v) is 19.2. The van der Waals surface area contributed by atoms with Gasteiger partial charge in [-0.2, -0.15) is 10.1 Å². The molecule has 2 aromatic rings. The van der Waals surface area contributed by atoms with Gasteiger partial charge in [0.05, 0.1) is 23.6 Å². The minimum absolute atomic E-state index is 0.125. The number of ether oxygens (including phenoxy) is 1. The number of esters is 1. The molecule has 0 spiro atoms. The Labute approximate surface area is 195 Å². The van der Waals surface area contributed by atoms with Gasteiger partial charge in [0.15, 0.2) is 0 Å². The molecule has 156 valence electrons. The molecule has 5 rings (SSSR count). The number of hydrogen-bond acceptors (Lipinski definition) is 5. The highest BCUT2D eigenvalue weighted by atomic mass is 79.9. The minimum atomic E-state index is -0.519. The van der Waals surface area contributed by atoms with E-state index in [4.69, 9.17) is 4.74 Å². The van der Waals surface area contributed by atoms with Crippen LogP contribution >= 0.6 is 31.9 Å². The van der Waals surface area contributed by atoms with Crippen molar-refractivity contribution in [2.45, 2.75) is 6.42 Å². The van der Waals surface area contributed by atoms with E-state index in [2.05, 4.69) is 37.0 Å². The van der Waals surface area contributed by atoms with E-state index in [1.165, 1.54) is 6.21 Å². The van der Waals surface area contributed by atoms with Gasteiger partial charge >= 0.3 is 5.97 Å². The molecule has 3 aliphatic rings. The van der Waals surface area contributed by atoms with Gasteiger partial charge in [-0.1, -0.05) is 44.0 Å². The summed E-state index contributed by atoms with van der Waals surface area (Å²) < 4.78 is 7.15. The molecule has 6 nitrogen and oxygen atoms in total. The molecule has 2 aliphatic carbocycles. The van der Waals surface area contributed by atoms with Crippen LogP contribution < -0.4 is 4.74 Å². The molecule has 0 unspecified atom stereocenters. The van der Waals surface area contributed by atoms with Crippen LogP contribution in [-0.4, -0.2) is 29.0 Å². The number of amides is 2. The quantitative estimate of drug-likeness (QED) is 0.186. The molecule has 2 amide bonds. The van der Waals surface area contributed by atoms with Gasteiger partial charge in [-0.15, -0.1) is 0 Å². The fourth-order valence-electron chi connectivity index (χ4n) is 4.58. The molecule has 1 saturated carbocycles. The monoisotopic (exact) mass is 542 g/mol. The smallest absolute Gasteiger partial charge is 0.343 e. The van der Waals surface area contributed by atoms with E-state index in [0.29, 0.717) is 11.1 Å². The maximum absolute atomic E-state index is 12.8. The highest BCUT2D eigenvalue weighted by Crippen LogP contribution is 2.52. The van der Waals surface area contributed by atoms with E-state index in [9.17, 15) is 14.4 Å². The third kappa shape index (κ3) is 3.57. The number of benzene rings is 2. The van der Waals surface area contributed by atoms with Crippen molar-refractivity contribution in [1.29, 1.82) is 0 Å². The van der Waals surface area contributed by atoms with Crippen molar-refractivity contribution in [3.8, 4) is 5.75 Å². The normalized spacial score (nSPS) is 26.2. The van der Waals surface area contributed by atoms with Gasteiger partial charge in [0.1, 0.15) is 5.75 Å². The van der Waals surface area contributed by atoms with Crippen LogP contribution in [0, 0.1) is 23.7 Å². The lowest BCUT2D eigenvalue weighted by Gasteiger charge is -2.13. The lowest BCUT2D eigenvalue weighted by atomic mass is 9.85. The second-order valence-electron chi connectivity index (χ2n) is 7.81. The van der Waals surface area contributed by atoms with E-state index < -0.39 is 5.97 Å². The van der Waals surface area contributed by atoms with Crippen molar-refractivity contribution in [3.63, 3.8) is 0 Å². The first kappa shape index (κ1) is 20.3. The number of hydrogen-bond donors (Lipinski definition) is 0. The van der Waals surface area contributed by atoms with Gasteiger partial charge in [-0.3, -0.25) is 9.59 Å². The predicted molar refractivity (Wildman–Crippen MR) is 120 cm³/mol. The third-order valence-electron chi connectivity index (χ3n) is 6.01. The van der Waals surface area contributed by atoms with E-state index >= 15 is 0 Å². The first-order valence-electron chi connectivity index (χ1n) is 9.80. The van der Waals surface area contributed by atoms with Crippen LogP contribution in [0.4, 0.5) is 0 Å². The van der Waals surface area contributed by atoms with Crippen molar-refractivity contribution in [2.75, 3.05) is 0 Å². The molecule has 8 heteroatoms. The van der Waals surface area contributed by atoms with E-state index in [-0.39, 0.29) is 41.2 Å². The van der Waals surface area contributed by atoms with Crippen LogP contribution in [0.1, 0.15) is 22.3 Å². The summed E-state index contributed by atoms with van der Waals surface area (Å²) in [5.41, 5.74) is 0.869. The molecular weight excluding hydrogens is 528 g/mol. The number of rotatable bonds is 4. The zero-order chi connectivity index (χ0) is 21.7. The highest BCUT2D eigenvalue weighted by Gasteiger charge is 2.59. The average molecular weight is 544 g/mol. The molecule has 31 heavy (non-hydrogen) atoms. The Hall–Kier alpha value is -2.58. The second kappa shape index (κ2) is 7.84. The molecule has 1 heterocycles. The minimum Gasteiger partial charge on any atom is -0.422 e. The number of hydrazone groups is 1.